The smallest absolute Gasteiger partial charge is 0.251 e. The van der Waals surface area contributed by atoms with Gasteiger partial charge >= 0.3 is 0 Å². The van der Waals surface area contributed by atoms with Gasteiger partial charge in [0.05, 0.1) is 6.61 Å². The Morgan fingerprint density at radius 3 is 2.81 bits per heavy atom. The molecule has 1 amide bonds. The van der Waals surface area contributed by atoms with Gasteiger partial charge in [-0.25, -0.2) is 0 Å². The van der Waals surface area contributed by atoms with Crippen LogP contribution in [-0.4, -0.2) is 26.2 Å². The van der Waals surface area contributed by atoms with Crippen molar-refractivity contribution in [2.24, 2.45) is 0 Å². The van der Waals surface area contributed by atoms with Gasteiger partial charge in [-0.3, -0.25) is 4.79 Å². The molecule has 0 bridgehead atoms. The summed E-state index contributed by atoms with van der Waals surface area (Å²) in [6, 6.07) is 5.42. The number of amides is 1. The third kappa shape index (κ3) is 3.55. The van der Waals surface area contributed by atoms with E-state index in [0.29, 0.717) is 24.4 Å². The molecule has 0 aliphatic rings. The number of carbonyl (C=O) groups excluding carboxylic acids is 1. The monoisotopic (exact) mass is 222 g/mol. The summed E-state index contributed by atoms with van der Waals surface area (Å²) in [7, 11) is 1.60. The predicted molar refractivity (Wildman–Crippen MR) is 64.4 cm³/mol. The van der Waals surface area contributed by atoms with Crippen LogP contribution in [-0.2, 0) is 11.2 Å². The highest BCUT2D eigenvalue weighted by Gasteiger charge is 2.06. The fourth-order valence-electron chi connectivity index (χ4n) is 1.42. The van der Waals surface area contributed by atoms with Crippen molar-refractivity contribution in [2.45, 2.75) is 13.3 Å². The topological polar surface area (TPSA) is 64.4 Å². The molecular weight excluding hydrogens is 204 g/mol. The second kappa shape index (κ2) is 6.12. The van der Waals surface area contributed by atoms with Gasteiger partial charge in [0.15, 0.2) is 0 Å². The Hall–Kier alpha value is -1.55. The summed E-state index contributed by atoms with van der Waals surface area (Å²) in [4.78, 5) is 11.7. The highest BCUT2D eigenvalue weighted by atomic mass is 16.5. The van der Waals surface area contributed by atoms with Gasteiger partial charge in [0.2, 0.25) is 0 Å². The average molecular weight is 222 g/mol. The Balaban J connectivity index is 2.71. The molecule has 16 heavy (non-hydrogen) atoms. The average Bonchev–Trinajstić information content (AvgIpc) is 2.28. The van der Waals surface area contributed by atoms with Gasteiger partial charge in [-0.2, -0.15) is 0 Å². The number of hydrogen-bond acceptors (Lipinski definition) is 3. The van der Waals surface area contributed by atoms with Crippen molar-refractivity contribution in [3.8, 4) is 0 Å². The summed E-state index contributed by atoms with van der Waals surface area (Å²) in [6.45, 7) is 3.04. The molecule has 1 aromatic rings. The maximum Gasteiger partial charge on any atom is 0.251 e. The van der Waals surface area contributed by atoms with Crippen LogP contribution in [0.5, 0.6) is 0 Å². The lowest BCUT2D eigenvalue weighted by Crippen LogP contribution is -2.27. The number of rotatable bonds is 5. The first-order valence-corrected chi connectivity index (χ1v) is 5.34. The molecule has 0 radical (unpaired) electrons. The Morgan fingerprint density at radius 1 is 1.44 bits per heavy atom. The Labute approximate surface area is 95.8 Å². The van der Waals surface area contributed by atoms with E-state index in [2.05, 4.69) is 5.32 Å². The van der Waals surface area contributed by atoms with E-state index in [1.54, 1.807) is 13.2 Å². The van der Waals surface area contributed by atoms with Gasteiger partial charge < -0.3 is 15.8 Å². The quantitative estimate of drug-likeness (QED) is 0.581. The number of aryl methyl sites for hydroxylation is 1. The Bertz CT molecular complexity index is 364. The fourth-order valence-corrected chi connectivity index (χ4v) is 1.42. The van der Waals surface area contributed by atoms with E-state index in [9.17, 15) is 4.79 Å². The van der Waals surface area contributed by atoms with Crippen LogP contribution in [0.3, 0.4) is 0 Å². The van der Waals surface area contributed by atoms with Crippen LogP contribution >= 0.6 is 0 Å². The highest BCUT2D eigenvalue weighted by Crippen LogP contribution is 2.12. The maximum atomic E-state index is 11.7. The van der Waals surface area contributed by atoms with Gasteiger partial charge in [-0.15, -0.1) is 0 Å². The summed E-state index contributed by atoms with van der Waals surface area (Å²) < 4.78 is 4.86. The van der Waals surface area contributed by atoms with Crippen molar-refractivity contribution in [3.63, 3.8) is 0 Å². The number of nitrogens with one attached hydrogen (secondary N) is 1. The van der Waals surface area contributed by atoms with E-state index in [-0.39, 0.29) is 5.91 Å². The van der Waals surface area contributed by atoms with Crippen LogP contribution in [0.2, 0.25) is 0 Å². The minimum absolute atomic E-state index is 0.112. The van der Waals surface area contributed by atoms with Crippen LogP contribution in [0.25, 0.3) is 0 Å². The van der Waals surface area contributed by atoms with Crippen LogP contribution in [0.15, 0.2) is 18.2 Å². The predicted octanol–water partition coefficient (Wildman–Crippen LogP) is 1.21. The second-order valence-electron chi connectivity index (χ2n) is 3.57. The molecule has 0 atom stereocenters. The standard InChI is InChI=1S/C12H18N2O2/c1-3-9-6-10(8-11(13)7-9)12(15)14-4-5-16-2/h6-8H,3-5,13H2,1-2H3,(H,14,15). The molecule has 88 valence electrons. The number of hydrogen-bond donors (Lipinski definition) is 2. The SMILES string of the molecule is CCc1cc(N)cc(C(=O)NCCOC)c1. The van der Waals surface area contributed by atoms with Crippen molar-refractivity contribution in [1.29, 1.82) is 0 Å². The van der Waals surface area contributed by atoms with E-state index >= 15 is 0 Å². The Kier molecular flexibility index (Phi) is 4.79. The second-order valence-corrected chi connectivity index (χ2v) is 3.57. The number of nitrogen functional groups attached to an aromatic ring is 1. The molecule has 0 spiro atoms. The van der Waals surface area contributed by atoms with Gasteiger partial charge in [-0.1, -0.05) is 6.92 Å². The molecule has 0 saturated heterocycles. The highest BCUT2D eigenvalue weighted by molar-refractivity contribution is 5.95. The first-order valence-electron chi connectivity index (χ1n) is 5.34. The van der Waals surface area contributed by atoms with E-state index in [1.807, 2.05) is 19.1 Å². The van der Waals surface area contributed by atoms with E-state index in [0.717, 1.165) is 12.0 Å². The molecule has 0 heterocycles. The summed E-state index contributed by atoms with van der Waals surface area (Å²) in [6.07, 6.45) is 0.864. The van der Waals surface area contributed by atoms with Crippen LogP contribution in [0.1, 0.15) is 22.8 Å². The molecule has 0 saturated carbocycles. The lowest BCUT2D eigenvalue weighted by atomic mass is 10.1. The molecule has 0 unspecified atom stereocenters. The van der Waals surface area contributed by atoms with Crippen molar-refractivity contribution in [2.75, 3.05) is 26.0 Å². The van der Waals surface area contributed by atoms with E-state index in [4.69, 9.17) is 10.5 Å². The van der Waals surface area contributed by atoms with E-state index < -0.39 is 0 Å². The molecule has 1 aromatic carbocycles. The molecule has 1 rings (SSSR count). The minimum Gasteiger partial charge on any atom is -0.399 e. The number of carbonyl (C=O) groups is 1. The summed E-state index contributed by atoms with van der Waals surface area (Å²) in [5.74, 6) is -0.112. The lowest BCUT2D eigenvalue weighted by Gasteiger charge is -2.07. The molecule has 0 aromatic heterocycles. The fraction of sp³-hybridized carbons (Fsp3) is 0.417. The third-order valence-corrected chi connectivity index (χ3v) is 2.28. The number of anilines is 1. The summed E-state index contributed by atoms with van der Waals surface area (Å²) in [5, 5.41) is 2.76. The maximum absolute atomic E-state index is 11.7. The number of methoxy groups -OCH3 is 1. The summed E-state index contributed by atoms with van der Waals surface area (Å²) >= 11 is 0. The zero-order valence-corrected chi connectivity index (χ0v) is 9.75. The van der Waals surface area contributed by atoms with Crippen molar-refractivity contribution >= 4 is 11.6 Å². The molecular formula is C12H18N2O2. The number of ether oxygens (including phenoxy) is 1. The van der Waals surface area contributed by atoms with Gasteiger partial charge in [0, 0.05) is 24.9 Å². The molecule has 0 fully saturated rings. The minimum atomic E-state index is -0.112. The molecule has 3 N–H and O–H groups in total. The first kappa shape index (κ1) is 12.5. The number of benzene rings is 1. The molecule has 0 aliphatic carbocycles. The summed E-state index contributed by atoms with van der Waals surface area (Å²) in [5.41, 5.74) is 8.02. The van der Waals surface area contributed by atoms with Crippen molar-refractivity contribution < 1.29 is 9.53 Å². The van der Waals surface area contributed by atoms with Crippen LogP contribution < -0.4 is 11.1 Å². The zero-order chi connectivity index (χ0) is 12.0. The first-order chi connectivity index (χ1) is 7.67. The van der Waals surface area contributed by atoms with Crippen LogP contribution in [0.4, 0.5) is 5.69 Å². The van der Waals surface area contributed by atoms with Gasteiger partial charge in [0.1, 0.15) is 0 Å². The van der Waals surface area contributed by atoms with Gasteiger partial charge in [-0.05, 0) is 30.2 Å². The molecule has 4 heteroatoms. The normalized spacial score (nSPS) is 10.1. The third-order valence-electron chi connectivity index (χ3n) is 2.28. The Morgan fingerprint density at radius 2 is 2.19 bits per heavy atom. The van der Waals surface area contributed by atoms with Gasteiger partial charge in [0.25, 0.3) is 5.91 Å². The molecule has 4 nitrogen and oxygen atoms in total. The van der Waals surface area contributed by atoms with Crippen molar-refractivity contribution in [1.82, 2.24) is 5.32 Å². The van der Waals surface area contributed by atoms with Crippen LogP contribution in [0, 0.1) is 0 Å². The van der Waals surface area contributed by atoms with E-state index in [1.165, 1.54) is 0 Å². The lowest BCUT2D eigenvalue weighted by molar-refractivity contribution is 0.0937. The van der Waals surface area contributed by atoms with Crippen molar-refractivity contribution in [3.05, 3.63) is 29.3 Å². The largest absolute Gasteiger partial charge is 0.399 e. The zero-order valence-electron chi connectivity index (χ0n) is 9.75. The molecule has 0 aliphatic heterocycles. The number of nitrogens with two attached hydrogens (primary N) is 1.